The molecule has 8 nitrogen and oxygen atoms in total. The number of aliphatic hydroxyl groups is 1. The molecule has 1 fully saturated rings. The number of aryl methyl sites for hydroxylation is 1. The molecule has 34 heavy (non-hydrogen) atoms. The monoisotopic (exact) mass is 494 g/mol. The Kier molecular flexibility index (Phi) is 6.00. The number of nitrogens with zero attached hydrogens (tertiary/aromatic N) is 3. The van der Waals surface area contributed by atoms with Crippen molar-refractivity contribution in [3.63, 3.8) is 0 Å². The third-order valence-corrected chi connectivity index (χ3v) is 7.42. The fourth-order valence-corrected chi connectivity index (χ4v) is 5.33. The zero-order chi connectivity index (χ0) is 24.7. The Hall–Kier alpha value is -3.22. The van der Waals surface area contributed by atoms with E-state index < -0.39 is 39.3 Å². The molecule has 12 heteroatoms. The van der Waals surface area contributed by atoms with Gasteiger partial charge >= 0.3 is 6.18 Å². The smallest absolute Gasteiger partial charge is 0.382 e. The molecule has 2 aromatic carbocycles. The van der Waals surface area contributed by atoms with Crippen molar-refractivity contribution >= 4 is 15.9 Å². The van der Waals surface area contributed by atoms with Gasteiger partial charge in [-0.1, -0.05) is 30.3 Å². The largest absolute Gasteiger partial charge is 0.416 e. The molecule has 2 atom stereocenters. The summed E-state index contributed by atoms with van der Waals surface area (Å²) < 4.78 is 67.2. The molecule has 0 spiro atoms. The molecule has 1 aliphatic rings. The average molecular weight is 494 g/mol. The van der Waals surface area contributed by atoms with Crippen LogP contribution in [0.15, 0.2) is 72.1 Å². The van der Waals surface area contributed by atoms with Crippen LogP contribution in [0.2, 0.25) is 0 Å². The van der Waals surface area contributed by atoms with Gasteiger partial charge in [-0.25, -0.2) is 13.4 Å². The molecule has 0 aliphatic carbocycles. The number of carbonyl (C=O) groups excluding carboxylic acids is 1. The van der Waals surface area contributed by atoms with E-state index in [2.05, 4.69) is 10.3 Å². The number of halogens is 3. The molecule has 4 rings (SSSR count). The first-order valence-corrected chi connectivity index (χ1v) is 11.6. The minimum Gasteiger partial charge on any atom is -0.382 e. The Bertz CT molecular complexity index is 1290. The SMILES string of the molecule is Cn1cnc(S(=O)(=O)N2CC(NC(=O)c3ccc(C(F)(F)F)cc3)C(O)(c3ccccc3)C2)c1. The number of rotatable bonds is 5. The quantitative estimate of drug-likeness (QED) is 0.566. The van der Waals surface area contributed by atoms with Gasteiger partial charge in [0, 0.05) is 31.9 Å². The van der Waals surface area contributed by atoms with Gasteiger partial charge in [0.2, 0.25) is 0 Å². The predicted molar refractivity (Wildman–Crippen MR) is 115 cm³/mol. The van der Waals surface area contributed by atoms with Crippen LogP contribution in [-0.2, 0) is 28.8 Å². The van der Waals surface area contributed by atoms with Crippen LogP contribution >= 0.6 is 0 Å². The minimum atomic E-state index is -4.55. The number of aromatic nitrogens is 2. The number of hydrogen-bond acceptors (Lipinski definition) is 5. The summed E-state index contributed by atoms with van der Waals surface area (Å²) in [6, 6.07) is 10.8. The summed E-state index contributed by atoms with van der Waals surface area (Å²) in [6.07, 6.45) is -1.89. The van der Waals surface area contributed by atoms with Crippen LogP contribution in [0.25, 0.3) is 0 Å². The number of imidazole rings is 1. The van der Waals surface area contributed by atoms with Gasteiger partial charge in [-0.3, -0.25) is 4.79 Å². The fraction of sp³-hybridized carbons (Fsp3) is 0.273. The van der Waals surface area contributed by atoms with Crippen LogP contribution in [0, 0.1) is 0 Å². The Labute approximate surface area is 193 Å². The summed E-state index contributed by atoms with van der Waals surface area (Å²) in [5, 5.41) is 14.0. The van der Waals surface area contributed by atoms with E-state index in [9.17, 15) is 31.5 Å². The van der Waals surface area contributed by atoms with Gasteiger partial charge in [0.15, 0.2) is 5.03 Å². The summed E-state index contributed by atoms with van der Waals surface area (Å²) in [4.78, 5) is 16.7. The topological polar surface area (TPSA) is 105 Å². The van der Waals surface area contributed by atoms with Gasteiger partial charge < -0.3 is 15.0 Å². The number of alkyl halides is 3. The number of β-amino-alcohol motifs (C(OH)–C–C–N with tert-alkyl or cyclic N) is 1. The van der Waals surface area contributed by atoms with E-state index in [0.717, 1.165) is 28.6 Å². The highest BCUT2D eigenvalue weighted by Crippen LogP contribution is 2.35. The highest BCUT2D eigenvalue weighted by Gasteiger charge is 2.51. The van der Waals surface area contributed by atoms with Crippen molar-refractivity contribution < 1.29 is 31.5 Å². The van der Waals surface area contributed by atoms with Crippen LogP contribution in [0.5, 0.6) is 0 Å². The van der Waals surface area contributed by atoms with Gasteiger partial charge in [0.1, 0.15) is 5.60 Å². The first kappa shape index (κ1) is 23.9. The maximum absolute atomic E-state index is 13.1. The summed E-state index contributed by atoms with van der Waals surface area (Å²) in [7, 11) is -2.47. The lowest BCUT2D eigenvalue weighted by Crippen LogP contribution is -2.49. The molecule has 180 valence electrons. The van der Waals surface area contributed by atoms with E-state index in [0.29, 0.717) is 5.56 Å². The number of sulfonamides is 1. The van der Waals surface area contributed by atoms with Gasteiger partial charge in [0.25, 0.3) is 15.9 Å². The summed E-state index contributed by atoms with van der Waals surface area (Å²) in [5.41, 5.74) is -2.37. The second-order valence-electron chi connectivity index (χ2n) is 8.07. The van der Waals surface area contributed by atoms with Crippen molar-refractivity contribution in [2.24, 2.45) is 7.05 Å². The normalized spacial score (nSPS) is 21.5. The minimum absolute atomic E-state index is 0.0607. The highest BCUT2D eigenvalue weighted by atomic mass is 32.2. The standard InChI is InChI=1S/C22H21F3N4O4S/c1-28-12-19(26-14-28)34(32,33)29-11-18(21(31,13-29)16-5-3-2-4-6-16)27-20(30)15-7-9-17(10-8-15)22(23,24)25/h2-10,12,14,18,31H,11,13H2,1H3,(H,27,30). The van der Waals surface area contributed by atoms with Gasteiger partial charge in [0.05, 0.1) is 17.9 Å². The van der Waals surface area contributed by atoms with Gasteiger partial charge in [-0.2, -0.15) is 17.5 Å². The molecule has 1 aliphatic heterocycles. The number of amides is 1. The van der Waals surface area contributed by atoms with Crippen LogP contribution in [0.4, 0.5) is 13.2 Å². The zero-order valence-corrected chi connectivity index (χ0v) is 18.7. The fourth-order valence-electron chi connectivity index (χ4n) is 3.87. The van der Waals surface area contributed by atoms with Gasteiger partial charge in [-0.15, -0.1) is 0 Å². The molecule has 3 aromatic rings. The highest BCUT2D eigenvalue weighted by molar-refractivity contribution is 7.89. The van der Waals surface area contributed by atoms with E-state index in [4.69, 9.17) is 0 Å². The van der Waals surface area contributed by atoms with Crippen molar-refractivity contribution in [2.75, 3.05) is 13.1 Å². The van der Waals surface area contributed by atoms with Crippen molar-refractivity contribution in [3.05, 3.63) is 83.8 Å². The number of nitrogens with one attached hydrogen (secondary N) is 1. The first-order valence-electron chi connectivity index (χ1n) is 10.2. The van der Waals surface area contributed by atoms with Crippen LogP contribution in [0.1, 0.15) is 21.5 Å². The Morgan fingerprint density at radius 1 is 1.15 bits per heavy atom. The lowest BCUT2D eigenvalue weighted by atomic mass is 9.89. The molecule has 1 aromatic heterocycles. The van der Waals surface area contributed by atoms with E-state index in [-0.39, 0.29) is 23.7 Å². The lowest BCUT2D eigenvalue weighted by Gasteiger charge is -2.30. The summed E-state index contributed by atoms with van der Waals surface area (Å²) in [5.74, 6) is -0.745. The summed E-state index contributed by atoms with van der Waals surface area (Å²) in [6.45, 7) is -0.620. The third-order valence-electron chi connectivity index (χ3n) is 5.72. The number of hydrogen-bond donors (Lipinski definition) is 2. The molecule has 2 N–H and O–H groups in total. The molecule has 2 heterocycles. The van der Waals surface area contributed by atoms with Gasteiger partial charge in [-0.05, 0) is 29.8 Å². The molecule has 0 bridgehead atoms. The Balaban J connectivity index is 1.64. The number of carbonyl (C=O) groups is 1. The van der Waals surface area contributed by atoms with Crippen molar-refractivity contribution in [1.82, 2.24) is 19.2 Å². The molecule has 1 amide bonds. The third kappa shape index (κ3) is 4.43. The van der Waals surface area contributed by atoms with Crippen LogP contribution in [-0.4, -0.2) is 52.4 Å². The zero-order valence-electron chi connectivity index (χ0n) is 17.9. The van der Waals surface area contributed by atoms with E-state index in [1.165, 1.54) is 17.1 Å². The van der Waals surface area contributed by atoms with E-state index in [1.54, 1.807) is 37.4 Å². The second kappa shape index (κ2) is 8.53. The predicted octanol–water partition coefficient (Wildman–Crippen LogP) is 2.13. The van der Waals surface area contributed by atoms with Crippen molar-refractivity contribution in [1.29, 1.82) is 0 Å². The molecule has 0 radical (unpaired) electrons. The number of benzene rings is 2. The molecule has 1 saturated heterocycles. The van der Waals surface area contributed by atoms with Crippen molar-refractivity contribution in [2.45, 2.75) is 22.8 Å². The van der Waals surface area contributed by atoms with Crippen LogP contribution in [0.3, 0.4) is 0 Å². The molecule has 0 saturated carbocycles. The lowest BCUT2D eigenvalue weighted by molar-refractivity contribution is -0.137. The molecular formula is C22H21F3N4O4S. The van der Waals surface area contributed by atoms with Crippen LogP contribution < -0.4 is 5.32 Å². The second-order valence-corrected chi connectivity index (χ2v) is 9.95. The van der Waals surface area contributed by atoms with Crippen molar-refractivity contribution in [3.8, 4) is 0 Å². The van der Waals surface area contributed by atoms with E-state index in [1.807, 2.05) is 0 Å². The average Bonchev–Trinajstić information content (AvgIpc) is 3.39. The molecule has 2 unspecified atom stereocenters. The first-order chi connectivity index (χ1) is 15.9. The Morgan fingerprint density at radius 2 is 1.79 bits per heavy atom. The maximum Gasteiger partial charge on any atom is 0.416 e. The maximum atomic E-state index is 13.1. The summed E-state index contributed by atoms with van der Waals surface area (Å²) >= 11 is 0. The molecular weight excluding hydrogens is 473 g/mol. The van der Waals surface area contributed by atoms with E-state index >= 15 is 0 Å². The Morgan fingerprint density at radius 3 is 2.35 bits per heavy atom.